The molecule has 0 spiro atoms. The number of carbonyl (C=O) groups excluding carboxylic acids is 1. The molecule has 1 aromatic rings. The normalized spacial score (nSPS) is 21.3. The standard InChI is InChI=1S/C17H18N2O5S2/c1-11(16(21)22)24-13-4-2-12(3-5-13)10-14-15(20)19(17(25)26-14)18-6-8-23-9-7-18/h2-5,10-11H,6-9H2,1H3,(H,21,22)/b14-10+. The van der Waals surface area contributed by atoms with Gasteiger partial charge in [-0.1, -0.05) is 36.1 Å². The molecule has 0 radical (unpaired) electrons. The van der Waals surface area contributed by atoms with E-state index in [2.05, 4.69) is 0 Å². The first-order chi connectivity index (χ1) is 12.5. The number of morpholine rings is 1. The van der Waals surface area contributed by atoms with Crippen LogP contribution in [0.25, 0.3) is 6.08 Å². The summed E-state index contributed by atoms with van der Waals surface area (Å²) in [4.78, 5) is 24.1. The Bertz CT molecular complexity index is 744. The van der Waals surface area contributed by atoms with Gasteiger partial charge in [0.1, 0.15) is 5.75 Å². The van der Waals surface area contributed by atoms with Gasteiger partial charge in [-0.2, -0.15) is 0 Å². The van der Waals surface area contributed by atoms with Crippen LogP contribution < -0.4 is 4.74 Å². The van der Waals surface area contributed by atoms with Gasteiger partial charge in [0.15, 0.2) is 10.4 Å². The lowest BCUT2D eigenvalue weighted by atomic mass is 10.2. The van der Waals surface area contributed by atoms with Crippen LogP contribution in [0, 0.1) is 0 Å². The quantitative estimate of drug-likeness (QED) is 0.600. The molecule has 1 atom stereocenters. The van der Waals surface area contributed by atoms with Crippen LogP contribution in [0.2, 0.25) is 0 Å². The highest BCUT2D eigenvalue weighted by Crippen LogP contribution is 2.34. The van der Waals surface area contributed by atoms with Gasteiger partial charge in [-0.25, -0.2) is 14.8 Å². The molecule has 9 heteroatoms. The molecule has 1 unspecified atom stereocenters. The van der Waals surface area contributed by atoms with Crippen LogP contribution in [0.4, 0.5) is 0 Å². The average molecular weight is 394 g/mol. The molecule has 138 valence electrons. The largest absolute Gasteiger partial charge is 0.479 e. The molecule has 0 bridgehead atoms. The predicted octanol–water partition coefficient (Wildman–Crippen LogP) is 1.99. The van der Waals surface area contributed by atoms with Gasteiger partial charge in [-0.15, -0.1) is 0 Å². The molecular weight excluding hydrogens is 376 g/mol. The van der Waals surface area contributed by atoms with E-state index < -0.39 is 12.1 Å². The zero-order valence-corrected chi connectivity index (χ0v) is 15.7. The lowest BCUT2D eigenvalue weighted by Crippen LogP contribution is -2.50. The molecule has 0 aromatic heterocycles. The van der Waals surface area contributed by atoms with Crippen molar-refractivity contribution in [2.24, 2.45) is 0 Å². The number of carboxylic acids is 1. The third-order valence-electron chi connectivity index (χ3n) is 3.88. The molecule has 7 nitrogen and oxygen atoms in total. The molecule has 0 saturated carbocycles. The summed E-state index contributed by atoms with van der Waals surface area (Å²) in [6.07, 6.45) is 0.843. The van der Waals surface area contributed by atoms with E-state index in [4.69, 9.17) is 26.8 Å². The summed E-state index contributed by atoms with van der Waals surface area (Å²) in [6.45, 7) is 3.88. The Balaban J connectivity index is 1.70. The number of hydrogen-bond donors (Lipinski definition) is 1. The smallest absolute Gasteiger partial charge is 0.344 e. The van der Waals surface area contributed by atoms with E-state index in [-0.39, 0.29) is 5.91 Å². The van der Waals surface area contributed by atoms with Crippen LogP contribution in [0.1, 0.15) is 12.5 Å². The van der Waals surface area contributed by atoms with Crippen molar-refractivity contribution in [1.29, 1.82) is 0 Å². The van der Waals surface area contributed by atoms with Crippen molar-refractivity contribution in [3.8, 4) is 5.75 Å². The van der Waals surface area contributed by atoms with Crippen molar-refractivity contribution < 1.29 is 24.2 Å². The van der Waals surface area contributed by atoms with Gasteiger partial charge in [-0.3, -0.25) is 4.79 Å². The van der Waals surface area contributed by atoms with Crippen LogP contribution in [-0.2, 0) is 14.3 Å². The van der Waals surface area contributed by atoms with E-state index in [0.29, 0.717) is 41.3 Å². The van der Waals surface area contributed by atoms with Gasteiger partial charge in [0.2, 0.25) is 0 Å². The summed E-state index contributed by atoms with van der Waals surface area (Å²) >= 11 is 6.62. The maximum Gasteiger partial charge on any atom is 0.344 e. The van der Waals surface area contributed by atoms with Crippen molar-refractivity contribution in [2.45, 2.75) is 13.0 Å². The SMILES string of the molecule is CC(Oc1ccc(/C=C2/SC(=S)N(N3CCOCC3)C2=O)cc1)C(=O)O. The molecule has 2 aliphatic heterocycles. The molecule has 2 saturated heterocycles. The first-order valence-electron chi connectivity index (χ1n) is 8.06. The van der Waals surface area contributed by atoms with E-state index >= 15 is 0 Å². The van der Waals surface area contributed by atoms with Crippen LogP contribution in [-0.4, -0.2) is 63.7 Å². The van der Waals surface area contributed by atoms with Crippen molar-refractivity contribution in [3.05, 3.63) is 34.7 Å². The summed E-state index contributed by atoms with van der Waals surface area (Å²) in [5, 5.41) is 12.3. The molecule has 1 aromatic carbocycles. The number of hydrogen-bond acceptors (Lipinski definition) is 7. The van der Waals surface area contributed by atoms with Crippen LogP contribution >= 0.6 is 24.0 Å². The molecule has 2 fully saturated rings. The van der Waals surface area contributed by atoms with E-state index in [1.807, 2.05) is 5.01 Å². The molecule has 1 N–H and O–H groups in total. The fourth-order valence-corrected chi connectivity index (χ4v) is 3.82. The minimum Gasteiger partial charge on any atom is -0.479 e. The fourth-order valence-electron chi connectivity index (χ4n) is 2.51. The highest BCUT2D eigenvalue weighted by molar-refractivity contribution is 8.26. The third kappa shape index (κ3) is 4.24. The molecule has 26 heavy (non-hydrogen) atoms. The summed E-state index contributed by atoms with van der Waals surface area (Å²) in [5.41, 5.74) is 0.808. The number of benzene rings is 1. The highest BCUT2D eigenvalue weighted by Gasteiger charge is 2.36. The Kier molecular flexibility index (Phi) is 5.92. The number of thioether (sulfide) groups is 1. The van der Waals surface area contributed by atoms with Crippen molar-refractivity contribution in [2.75, 3.05) is 26.3 Å². The van der Waals surface area contributed by atoms with Crippen molar-refractivity contribution in [3.63, 3.8) is 0 Å². The van der Waals surface area contributed by atoms with Crippen LogP contribution in [0.3, 0.4) is 0 Å². The van der Waals surface area contributed by atoms with Gasteiger partial charge in [-0.05, 0) is 30.7 Å². The van der Waals surface area contributed by atoms with Gasteiger partial charge in [0.25, 0.3) is 5.91 Å². The third-order valence-corrected chi connectivity index (χ3v) is 5.17. The van der Waals surface area contributed by atoms with E-state index in [9.17, 15) is 9.59 Å². The zero-order valence-electron chi connectivity index (χ0n) is 14.1. The number of ether oxygens (including phenoxy) is 2. The van der Waals surface area contributed by atoms with Gasteiger partial charge in [0.05, 0.1) is 18.1 Å². The Hall–Kier alpha value is -1.94. The van der Waals surface area contributed by atoms with E-state index in [1.165, 1.54) is 18.7 Å². The second-order valence-electron chi connectivity index (χ2n) is 5.73. The van der Waals surface area contributed by atoms with Gasteiger partial charge in [0, 0.05) is 13.1 Å². The molecular formula is C17H18N2O5S2. The van der Waals surface area contributed by atoms with Crippen LogP contribution in [0.5, 0.6) is 5.75 Å². The predicted molar refractivity (Wildman–Crippen MR) is 102 cm³/mol. The molecule has 0 aliphatic carbocycles. The number of hydrazine groups is 1. The number of carboxylic acid groups (broad SMARTS) is 1. The second-order valence-corrected chi connectivity index (χ2v) is 7.40. The molecule has 2 aliphatic rings. The highest BCUT2D eigenvalue weighted by atomic mass is 32.2. The topological polar surface area (TPSA) is 79.3 Å². The minimum atomic E-state index is -1.03. The number of aliphatic carboxylic acids is 1. The summed E-state index contributed by atoms with van der Waals surface area (Å²) in [6, 6.07) is 6.89. The lowest BCUT2D eigenvalue weighted by molar-refractivity contribution is -0.144. The number of rotatable bonds is 5. The number of carbonyl (C=O) groups is 2. The first kappa shape index (κ1) is 18.8. The molecule has 1 amide bonds. The Labute approximate surface area is 160 Å². The maximum absolute atomic E-state index is 12.7. The van der Waals surface area contributed by atoms with E-state index in [0.717, 1.165) is 5.56 Å². The van der Waals surface area contributed by atoms with E-state index in [1.54, 1.807) is 35.4 Å². The Morgan fingerprint density at radius 1 is 1.35 bits per heavy atom. The monoisotopic (exact) mass is 394 g/mol. The lowest BCUT2D eigenvalue weighted by Gasteiger charge is -2.33. The van der Waals surface area contributed by atoms with Gasteiger partial charge < -0.3 is 14.6 Å². The van der Waals surface area contributed by atoms with Crippen LogP contribution in [0.15, 0.2) is 29.2 Å². The summed E-state index contributed by atoms with van der Waals surface area (Å²) in [5.74, 6) is -0.708. The average Bonchev–Trinajstić information content (AvgIpc) is 2.90. The number of nitrogens with zero attached hydrogens (tertiary/aromatic N) is 2. The van der Waals surface area contributed by atoms with Gasteiger partial charge >= 0.3 is 5.97 Å². The second kappa shape index (κ2) is 8.17. The molecule has 2 heterocycles. The molecule has 3 rings (SSSR count). The summed E-state index contributed by atoms with van der Waals surface area (Å²) < 4.78 is 11.1. The number of thiocarbonyl (C=S) groups is 1. The zero-order chi connectivity index (χ0) is 18.7. The van der Waals surface area contributed by atoms with Crippen molar-refractivity contribution in [1.82, 2.24) is 10.0 Å². The Morgan fingerprint density at radius 2 is 2.00 bits per heavy atom. The minimum absolute atomic E-state index is 0.137. The Morgan fingerprint density at radius 3 is 2.62 bits per heavy atom. The number of amides is 1. The van der Waals surface area contributed by atoms with Crippen molar-refractivity contribution >= 4 is 46.3 Å². The summed E-state index contributed by atoms with van der Waals surface area (Å²) in [7, 11) is 0. The first-order valence-corrected chi connectivity index (χ1v) is 9.28. The maximum atomic E-state index is 12.7. The fraction of sp³-hybridized carbons (Fsp3) is 0.353.